The van der Waals surface area contributed by atoms with E-state index in [1.807, 2.05) is 12.1 Å². The number of para-hydroxylation sites is 1. The molecule has 2 aliphatic carbocycles. The number of benzene rings is 2. The van der Waals surface area contributed by atoms with Crippen LogP contribution in [0.5, 0.6) is 5.75 Å². The number of amides is 4. The summed E-state index contributed by atoms with van der Waals surface area (Å²) in [5, 5.41) is 5.66. The van der Waals surface area contributed by atoms with Crippen LogP contribution in [-0.2, 0) is 39.9 Å². The normalized spacial score (nSPS) is 27.0. The van der Waals surface area contributed by atoms with Crippen LogP contribution in [0.3, 0.4) is 0 Å². The highest BCUT2D eigenvalue weighted by molar-refractivity contribution is 7.91. The van der Waals surface area contributed by atoms with Gasteiger partial charge in [0.1, 0.15) is 46.2 Å². The monoisotopic (exact) mass is 837 g/mol. The van der Waals surface area contributed by atoms with Gasteiger partial charge in [-0.2, -0.15) is 0 Å². The van der Waals surface area contributed by atoms with Gasteiger partial charge >= 0.3 is 6.09 Å². The Morgan fingerprint density at radius 2 is 1.90 bits per heavy atom. The lowest BCUT2D eigenvalue weighted by Crippen LogP contribution is -2.59. The number of ether oxygens (including phenoxy) is 2. The predicted molar refractivity (Wildman–Crippen MR) is 212 cm³/mol. The number of rotatable bonds is 6. The number of allylic oxidation sites excluding steroid dienone is 1. The first-order chi connectivity index (χ1) is 27.5. The summed E-state index contributed by atoms with van der Waals surface area (Å²) in [5.74, 6) is -3.47. The second kappa shape index (κ2) is 14.9. The Labute approximate surface area is 335 Å². The molecule has 4 heterocycles. The van der Waals surface area contributed by atoms with E-state index in [2.05, 4.69) is 15.4 Å². The molecule has 2 aromatic carbocycles. The maximum Gasteiger partial charge on any atom is 0.408 e. The van der Waals surface area contributed by atoms with E-state index < -0.39 is 91.0 Å². The first-order valence-electron chi connectivity index (χ1n) is 19.3. The minimum Gasteiger partial charge on any atom is -0.484 e. The predicted octanol–water partition coefficient (Wildman–Crippen LogP) is 4.10. The molecule has 0 radical (unpaired) electrons. The van der Waals surface area contributed by atoms with Crippen LogP contribution in [0.15, 0.2) is 59.0 Å². The van der Waals surface area contributed by atoms with Crippen LogP contribution >= 0.6 is 0 Å². The van der Waals surface area contributed by atoms with Crippen molar-refractivity contribution < 1.29 is 50.1 Å². The molecule has 1 saturated heterocycles. The zero-order valence-electron chi connectivity index (χ0n) is 32.1. The summed E-state index contributed by atoms with van der Waals surface area (Å²) in [7, 11) is -5.57. The van der Waals surface area contributed by atoms with Crippen molar-refractivity contribution in [3.05, 3.63) is 60.4 Å². The van der Waals surface area contributed by atoms with Crippen LogP contribution in [-0.4, -0.2) is 99.0 Å². The minimum atomic E-state index is -3.97. The number of halogens is 1. The number of fused-ring (bicyclic) bond motifs is 6. The van der Waals surface area contributed by atoms with Gasteiger partial charge in [-0.15, -0.1) is 0 Å². The van der Waals surface area contributed by atoms with Crippen LogP contribution in [0.2, 0.25) is 0 Å². The van der Waals surface area contributed by atoms with Gasteiger partial charge < -0.3 is 29.4 Å². The summed E-state index contributed by atoms with van der Waals surface area (Å²) in [6.45, 7) is 4.73. The molecule has 0 bridgehead atoms. The molecule has 18 heteroatoms. The number of aromatic nitrogens is 1. The molecule has 4 aromatic rings. The van der Waals surface area contributed by atoms with Gasteiger partial charge in [-0.3, -0.25) is 23.3 Å². The molecule has 15 nitrogen and oxygen atoms in total. The second-order valence-electron chi connectivity index (χ2n) is 16.4. The lowest BCUT2D eigenvalue weighted by atomic mass is 10.1. The Hall–Kier alpha value is -5.10. The number of alkyl carbamates (subject to hydrolysis) is 1. The van der Waals surface area contributed by atoms with E-state index in [1.165, 1.54) is 23.1 Å². The Bertz CT molecular complexity index is 2520. The molecule has 58 heavy (non-hydrogen) atoms. The number of hydrogen-bond acceptors (Lipinski definition) is 11. The molecule has 0 spiro atoms. The smallest absolute Gasteiger partial charge is 0.408 e. The number of furan rings is 1. The maximum atomic E-state index is 14.8. The van der Waals surface area contributed by atoms with Crippen LogP contribution in [0.25, 0.3) is 33.0 Å². The highest BCUT2D eigenvalue weighted by atomic mass is 32.2. The van der Waals surface area contributed by atoms with Gasteiger partial charge in [0.2, 0.25) is 21.8 Å². The molecule has 3 fully saturated rings. The van der Waals surface area contributed by atoms with Gasteiger partial charge in [-0.1, -0.05) is 24.3 Å². The molecule has 2 aliphatic heterocycles. The lowest BCUT2D eigenvalue weighted by Gasteiger charge is -2.30. The first kappa shape index (κ1) is 39.7. The molecule has 4 aliphatic rings. The topological polar surface area (TPSA) is 203 Å². The van der Waals surface area contributed by atoms with Crippen molar-refractivity contribution in [1.82, 2.24) is 25.2 Å². The molecule has 2 saturated carbocycles. The standard InChI is InChI=1S/C40H44FN5O10S2/c1-39(2,3)56-38(50)43-29-21-57(51)16-8-4-5-9-22-19-40(22,37(49)45-58(52,53)25-13-14-25)44-35(47)30-18-24(20-46(30)36(29)48)54-33-27-17-23(41)12-15-28(27)42-32-26-10-6-7-11-31(26)55-34(32)33/h5-7,9-12,15,17,22,24-25,29-30H,4,8,13-14,16,18-21H2,1-3H3,(H,43,50)(H,44,47)(H,45,49)/t22-,24-,29+,30+,40-,57?/m1/s1. The molecule has 2 aromatic heterocycles. The average Bonchev–Trinajstić information content (AvgIpc) is 4.05. The number of carbonyl (C=O) groups is 4. The van der Waals surface area contributed by atoms with Gasteiger partial charge in [0, 0.05) is 39.7 Å². The molecule has 8 rings (SSSR count). The van der Waals surface area contributed by atoms with Crippen molar-refractivity contribution in [2.45, 2.75) is 93.9 Å². The third kappa shape index (κ3) is 8.00. The number of hydrogen-bond donors (Lipinski definition) is 3. The van der Waals surface area contributed by atoms with E-state index in [1.54, 1.807) is 45.1 Å². The molecule has 308 valence electrons. The molecule has 6 atom stereocenters. The molecule has 1 unspecified atom stereocenters. The first-order valence-corrected chi connectivity index (χ1v) is 22.3. The number of sulfonamides is 1. The van der Waals surface area contributed by atoms with Crippen molar-refractivity contribution in [1.29, 1.82) is 0 Å². The van der Waals surface area contributed by atoms with Crippen LogP contribution in [0.4, 0.5) is 9.18 Å². The summed E-state index contributed by atoms with van der Waals surface area (Å²) in [6, 6.07) is 8.53. The van der Waals surface area contributed by atoms with E-state index in [-0.39, 0.29) is 47.6 Å². The quantitative estimate of drug-likeness (QED) is 0.236. The fourth-order valence-corrected chi connectivity index (χ4v) is 10.3. The van der Waals surface area contributed by atoms with Gasteiger partial charge in [0.05, 0.1) is 23.1 Å². The zero-order chi connectivity index (χ0) is 41.1. The van der Waals surface area contributed by atoms with E-state index in [4.69, 9.17) is 18.9 Å². The fourth-order valence-electron chi connectivity index (χ4n) is 7.67. The summed E-state index contributed by atoms with van der Waals surface area (Å²) in [4.78, 5) is 62.0. The third-order valence-electron chi connectivity index (χ3n) is 10.8. The molecule has 4 amide bonds. The van der Waals surface area contributed by atoms with Crippen LogP contribution in [0.1, 0.15) is 59.3 Å². The summed E-state index contributed by atoms with van der Waals surface area (Å²) in [5.41, 5.74) is -0.964. The van der Waals surface area contributed by atoms with Gasteiger partial charge in [0.25, 0.3) is 5.91 Å². The second-order valence-corrected chi connectivity index (χ2v) is 20.0. The Balaban J connectivity index is 1.17. The Morgan fingerprint density at radius 3 is 2.66 bits per heavy atom. The molecular weight excluding hydrogens is 794 g/mol. The van der Waals surface area contributed by atoms with Gasteiger partial charge in [-0.25, -0.2) is 22.6 Å². The number of pyridine rings is 1. The maximum absolute atomic E-state index is 14.8. The minimum absolute atomic E-state index is 0.106. The van der Waals surface area contributed by atoms with Gasteiger partial charge in [0.15, 0.2) is 11.3 Å². The van der Waals surface area contributed by atoms with Crippen molar-refractivity contribution in [3.8, 4) is 5.75 Å². The largest absolute Gasteiger partial charge is 0.484 e. The van der Waals surface area contributed by atoms with Crippen molar-refractivity contribution in [2.75, 3.05) is 18.1 Å². The van der Waals surface area contributed by atoms with Crippen LogP contribution in [0, 0.1) is 11.7 Å². The molecule has 3 N–H and O–H groups in total. The van der Waals surface area contributed by atoms with Crippen molar-refractivity contribution >= 4 is 77.6 Å². The Kier molecular flexibility index (Phi) is 10.2. The SMILES string of the molecule is CC(C)(C)OC(=O)N[C@H]1CS(=O)CCCC=C[C@@H]2C[C@@]2(C(=O)NS(=O)(=O)C2CC2)NC(=O)[C@@H]2C[C@@H](Oc3c4cc(F)ccc4nc4c3oc3ccccc34)CN2C1=O. The summed E-state index contributed by atoms with van der Waals surface area (Å²) >= 11 is 0. The van der Waals surface area contributed by atoms with Crippen molar-refractivity contribution in [2.24, 2.45) is 5.92 Å². The third-order valence-corrected chi connectivity index (χ3v) is 14.0. The van der Waals surface area contributed by atoms with E-state index >= 15 is 0 Å². The average molecular weight is 838 g/mol. The molecular formula is C40H44FN5O10S2. The van der Waals surface area contributed by atoms with E-state index in [0.29, 0.717) is 47.7 Å². The Morgan fingerprint density at radius 1 is 1.12 bits per heavy atom. The van der Waals surface area contributed by atoms with Crippen molar-refractivity contribution in [3.63, 3.8) is 0 Å². The lowest BCUT2D eigenvalue weighted by molar-refractivity contribution is -0.140. The summed E-state index contributed by atoms with van der Waals surface area (Å²) < 4.78 is 74.5. The highest BCUT2D eigenvalue weighted by Crippen LogP contribution is 2.46. The number of nitrogens with zero attached hydrogens (tertiary/aromatic N) is 2. The van der Waals surface area contributed by atoms with Gasteiger partial charge in [-0.05, 0) is 83.2 Å². The highest BCUT2D eigenvalue weighted by Gasteiger charge is 2.62. The summed E-state index contributed by atoms with van der Waals surface area (Å²) in [6.07, 6.45) is 3.40. The zero-order valence-corrected chi connectivity index (χ0v) is 33.8. The van der Waals surface area contributed by atoms with E-state index in [9.17, 15) is 36.2 Å². The van der Waals surface area contributed by atoms with Crippen LogP contribution < -0.4 is 20.1 Å². The number of carbonyl (C=O) groups excluding carboxylic acids is 4. The fraction of sp³-hybridized carbons (Fsp3) is 0.475. The number of nitrogens with one attached hydrogen (secondary N) is 3. The van der Waals surface area contributed by atoms with E-state index in [0.717, 1.165) is 0 Å².